The molecule has 1 aromatic heterocycles. The standard InChI is InChI=1S/C8H11N/c1-4-8-5-6(2)9-7(8)3/h4-5,9H,1H2,2-3H3. The average molecular weight is 121 g/mol. The smallest absolute Gasteiger partial charge is 0.0190 e. The summed E-state index contributed by atoms with van der Waals surface area (Å²) in [6.07, 6.45) is 1.86. The lowest BCUT2D eigenvalue weighted by atomic mass is 10.2. The van der Waals surface area contributed by atoms with Crippen LogP contribution in [0.5, 0.6) is 0 Å². The van der Waals surface area contributed by atoms with E-state index in [1.807, 2.05) is 19.9 Å². The second-order valence-electron chi connectivity index (χ2n) is 2.24. The number of aromatic nitrogens is 1. The van der Waals surface area contributed by atoms with Crippen molar-refractivity contribution in [3.05, 3.63) is 29.6 Å². The Morgan fingerprint density at radius 2 is 2.22 bits per heavy atom. The first-order valence-corrected chi connectivity index (χ1v) is 3.02. The highest BCUT2D eigenvalue weighted by Crippen LogP contribution is 2.09. The highest BCUT2D eigenvalue weighted by atomic mass is 14.7. The van der Waals surface area contributed by atoms with Gasteiger partial charge in [0.05, 0.1) is 0 Å². The van der Waals surface area contributed by atoms with Gasteiger partial charge in [0.15, 0.2) is 0 Å². The number of H-pyrrole nitrogens is 1. The second kappa shape index (κ2) is 2.09. The molecule has 1 heteroatoms. The molecule has 0 saturated heterocycles. The van der Waals surface area contributed by atoms with Crippen molar-refractivity contribution in [2.45, 2.75) is 13.8 Å². The number of nitrogens with one attached hydrogen (secondary N) is 1. The van der Waals surface area contributed by atoms with Gasteiger partial charge in [-0.3, -0.25) is 0 Å². The molecule has 1 heterocycles. The Hall–Kier alpha value is -0.980. The lowest BCUT2D eigenvalue weighted by molar-refractivity contribution is 1.19. The van der Waals surface area contributed by atoms with E-state index < -0.39 is 0 Å². The SMILES string of the molecule is C=Cc1cc(C)[nH]c1C. The van der Waals surface area contributed by atoms with Crippen LogP contribution in [0, 0.1) is 13.8 Å². The molecule has 0 aromatic carbocycles. The normalized spacial score (nSPS) is 9.56. The van der Waals surface area contributed by atoms with Gasteiger partial charge in [-0.2, -0.15) is 0 Å². The third-order valence-electron chi connectivity index (χ3n) is 1.41. The molecule has 0 unspecified atom stereocenters. The highest BCUT2D eigenvalue weighted by Gasteiger charge is 1.94. The molecule has 0 atom stereocenters. The first-order valence-electron chi connectivity index (χ1n) is 3.02. The van der Waals surface area contributed by atoms with Gasteiger partial charge in [0, 0.05) is 11.4 Å². The minimum Gasteiger partial charge on any atom is -0.362 e. The molecule has 0 aliphatic rings. The van der Waals surface area contributed by atoms with Crippen molar-refractivity contribution in [3.8, 4) is 0 Å². The fourth-order valence-corrected chi connectivity index (χ4v) is 0.958. The zero-order valence-electron chi connectivity index (χ0n) is 5.86. The van der Waals surface area contributed by atoms with Crippen LogP contribution < -0.4 is 0 Å². The summed E-state index contributed by atoms with van der Waals surface area (Å²) in [7, 11) is 0. The Morgan fingerprint density at radius 3 is 2.44 bits per heavy atom. The summed E-state index contributed by atoms with van der Waals surface area (Å²) >= 11 is 0. The molecule has 9 heavy (non-hydrogen) atoms. The average Bonchev–Trinajstić information content (AvgIpc) is 2.10. The Bertz CT molecular complexity index is 220. The molecule has 0 fully saturated rings. The number of aryl methyl sites for hydroxylation is 2. The van der Waals surface area contributed by atoms with E-state index in [4.69, 9.17) is 0 Å². The van der Waals surface area contributed by atoms with Crippen LogP contribution in [0.1, 0.15) is 17.0 Å². The molecule has 0 spiro atoms. The van der Waals surface area contributed by atoms with Gasteiger partial charge in [0.25, 0.3) is 0 Å². The fraction of sp³-hybridized carbons (Fsp3) is 0.250. The predicted molar refractivity (Wildman–Crippen MR) is 40.4 cm³/mol. The van der Waals surface area contributed by atoms with Crippen molar-refractivity contribution in [1.82, 2.24) is 4.98 Å². The summed E-state index contributed by atoms with van der Waals surface area (Å²) < 4.78 is 0. The molecule has 1 rings (SSSR count). The first kappa shape index (κ1) is 6.14. The molecule has 48 valence electrons. The molecular weight excluding hydrogens is 110 g/mol. The van der Waals surface area contributed by atoms with E-state index in [9.17, 15) is 0 Å². The van der Waals surface area contributed by atoms with Gasteiger partial charge in [-0.25, -0.2) is 0 Å². The lowest BCUT2D eigenvalue weighted by Crippen LogP contribution is -1.71. The zero-order valence-corrected chi connectivity index (χ0v) is 5.86. The summed E-state index contributed by atoms with van der Waals surface area (Å²) in [5.41, 5.74) is 3.59. The number of rotatable bonds is 1. The van der Waals surface area contributed by atoms with Crippen LogP contribution in [0.15, 0.2) is 12.6 Å². The topological polar surface area (TPSA) is 15.8 Å². The van der Waals surface area contributed by atoms with Crippen molar-refractivity contribution >= 4 is 6.08 Å². The largest absolute Gasteiger partial charge is 0.362 e. The van der Waals surface area contributed by atoms with Crippen LogP contribution in [-0.4, -0.2) is 4.98 Å². The Labute approximate surface area is 55.4 Å². The molecule has 0 saturated carbocycles. The van der Waals surface area contributed by atoms with Crippen molar-refractivity contribution in [1.29, 1.82) is 0 Å². The van der Waals surface area contributed by atoms with Crippen molar-refractivity contribution in [3.63, 3.8) is 0 Å². The summed E-state index contributed by atoms with van der Waals surface area (Å²) in [6, 6.07) is 2.09. The van der Waals surface area contributed by atoms with E-state index in [1.54, 1.807) is 0 Å². The van der Waals surface area contributed by atoms with Gasteiger partial charge in [-0.05, 0) is 25.5 Å². The first-order chi connectivity index (χ1) is 4.24. The van der Waals surface area contributed by atoms with Gasteiger partial charge in [-0.15, -0.1) is 0 Å². The molecule has 0 amide bonds. The lowest BCUT2D eigenvalue weighted by Gasteiger charge is -1.84. The van der Waals surface area contributed by atoms with E-state index in [2.05, 4.69) is 17.6 Å². The molecule has 1 nitrogen and oxygen atoms in total. The van der Waals surface area contributed by atoms with E-state index >= 15 is 0 Å². The van der Waals surface area contributed by atoms with Gasteiger partial charge in [0.2, 0.25) is 0 Å². The Kier molecular flexibility index (Phi) is 1.43. The molecule has 0 bridgehead atoms. The van der Waals surface area contributed by atoms with E-state index in [1.165, 1.54) is 17.0 Å². The molecule has 0 aliphatic carbocycles. The van der Waals surface area contributed by atoms with Crippen LogP contribution in [-0.2, 0) is 0 Å². The Balaban J connectivity index is 3.15. The number of hydrogen-bond acceptors (Lipinski definition) is 0. The van der Waals surface area contributed by atoms with Crippen LogP contribution in [0.2, 0.25) is 0 Å². The van der Waals surface area contributed by atoms with Gasteiger partial charge >= 0.3 is 0 Å². The van der Waals surface area contributed by atoms with Gasteiger partial charge in [-0.1, -0.05) is 12.7 Å². The quantitative estimate of drug-likeness (QED) is 0.586. The van der Waals surface area contributed by atoms with Crippen molar-refractivity contribution in [2.75, 3.05) is 0 Å². The molecular formula is C8H11N. The van der Waals surface area contributed by atoms with E-state index in [0.29, 0.717) is 0 Å². The maximum atomic E-state index is 3.69. The van der Waals surface area contributed by atoms with Crippen molar-refractivity contribution in [2.24, 2.45) is 0 Å². The third kappa shape index (κ3) is 1.04. The predicted octanol–water partition coefficient (Wildman–Crippen LogP) is 2.27. The molecule has 1 aromatic rings. The Morgan fingerprint density at radius 1 is 1.56 bits per heavy atom. The summed E-state index contributed by atoms with van der Waals surface area (Å²) in [5, 5.41) is 0. The number of aromatic amines is 1. The van der Waals surface area contributed by atoms with E-state index in [-0.39, 0.29) is 0 Å². The third-order valence-corrected chi connectivity index (χ3v) is 1.41. The van der Waals surface area contributed by atoms with E-state index in [0.717, 1.165) is 0 Å². The minimum absolute atomic E-state index is 1.20. The second-order valence-corrected chi connectivity index (χ2v) is 2.24. The van der Waals surface area contributed by atoms with Crippen LogP contribution in [0.4, 0.5) is 0 Å². The maximum absolute atomic E-state index is 3.69. The molecule has 0 radical (unpaired) electrons. The molecule has 0 aliphatic heterocycles. The van der Waals surface area contributed by atoms with Crippen LogP contribution in [0.25, 0.3) is 6.08 Å². The van der Waals surface area contributed by atoms with Gasteiger partial charge in [0.1, 0.15) is 0 Å². The minimum atomic E-state index is 1.20. The monoisotopic (exact) mass is 121 g/mol. The number of hydrogen-bond donors (Lipinski definition) is 1. The maximum Gasteiger partial charge on any atom is 0.0190 e. The highest BCUT2D eigenvalue weighted by molar-refractivity contribution is 5.50. The van der Waals surface area contributed by atoms with Gasteiger partial charge < -0.3 is 4.98 Å². The summed E-state index contributed by atoms with van der Waals surface area (Å²) in [4.78, 5) is 3.19. The summed E-state index contributed by atoms with van der Waals surface area (Å²) in [6.45, 7) is 7.77. The fourth-order valence-electron chi connectivity index (χ4n) is 0.958. The van der Waals surface area contributed by atoms with Crippen LogP contribution in [0.3, 0.4) is 0 Å². The summed E-state index contributed by atoms with van der Waals surface area (Å²) in [5.74, 6) is 0. The molecule has 1 N–H and O–H groups in total. The zero-order chi connectivity index (χ0) is 6.85. The van der Waals surface area contributed by atoms with Crippen LogP contribution >= 0.6 is 0 Å². The van der Waals surface area contributed by atoms with Crippen molar-refractivity contribution < 1.29 is 0 Å².